The Morgan fingerprint density at radius 3 is 2.43 bits per heavy atom. The second-order valence-corrected chi connectivity index (χ2v) is 5.26. The summed E-state index contributed by atoms with van der Waals surface area (Å²) in [5.74, 6) is -1.12. The fraction of sp³-hybridized carbons (Fsp3) is 0.467. The van der Waals surface area contributed by atoms with E-state index in [0.717, 1.165) is 12.8 Å². The van der Waals surface area contributed by atoms with E-state index in [4.69, 9.17) is 0 Å². The molecule has 2 rings (SSSR count). The van der Waals surface area contributed by atoms with Crippen molar-refractivity contribution >= 4 is 12.0 Å². The lowest BCUT2D eigenvalue weighted by atomic mass is 9.93. The van der Waals surface area contributed by atoms with Gasteiger partial charge in [-0.2, -0.15) is 0 Å². The highest BCUT2D eigenvalue weighted by Crippen LogP contribution is 2.18. The van der Waals surface area contributed by atoms with Crippen molar-refractivity contribution in [3.8, 4) is 0 Å². The molecule has 0 bridgehead atoms. The van der Waals surface area contributed by atoms with E-state index in [0.29, 0.717) is 18.4 Å². The fourth-order valence-corrected chi connectivity index (χ4v) is 2.55. The number of aliphatic hydroxyl groups is 1. The lowest BCUT2D eigenvalue weighted by molar-refractivity contribution is -0.139. The molecule has 21 heavy (non-hydrogen) atoms. The molecule has 1 aliphatic carbocycles. The molecule has 0 heterocycles. The number of carbonyl (C=O) groups is 2. The smallest absolute Gasteiger partial charge is 0.330 e. The summed E-state index contributed by atoms with van der Waals surface area (Å²) in [5, 5.41) is 24.2. The van der Waals surface area contributed by atoms with Gasteiger partial charge < -0.3 is 20.8 Å². The number of carbonyl (C=O) groups excluding carboxylic acids is 1. The van der Waals surface area contributed by atoms with Crippen LogP contribution in [0.15, 0.2) is 30.3 Å². The van der Waals surface area contributed by atoms with Gasteiger partial charge in [-0.25, -0.2) is 9.59 Å². The summed E-state index contributed by atoms with van der Waals surface area (Å²) in [6.07, 6.45) is 2.69. The third-order valence-electron chi connectivity index (χ3n) is 3.70. The molecule has 0 aliphatic heterocycles. The van der Waals surface area contributed by atoms with Crippen LogP contribution in [0, 0.1) is 0 Å². The zero-order valence-electron chi connectivity index (χ0n) is 11.7. The molecular formula is C15H20N2O4. The van der Waals surface area contributed by atoms with Crippen molar-refractivity contribution in [2.75, 3.05) is 0 Å². The number of amides is 2. The highest BCUT2D eigenvalue weighted by Gasteiger charge is 2.27. The van der Waals surface area contributed by atoms with Crippen molar-refractivity contribution in [1.29, 1.82) is 0 Å². The van der Waals surface area contributed by atoms with Crippen LogP contribution in [0.2, 0.25) is 0 Å². The lowest BCUT2D eigenvalue weighted by Gasteiger charge is -2.29. The first-order chi connectivity index (χ1) is 10.1. The van der Waals surface area contributed by atoms with Gasteiger partial charge >= 0.3 is 12.0 Å². The molecule has 6 heteroatoms. The summed E-state index contributed by atoms with van der Waals surface area (Å²) in [6, 6.07) is 6.52. The molecule has 6 nitrogen and oxygen atoms in total. The summed E-state index contributed by atoms with van der Waals surface area (Å²) in [7, 11) is 0. The Labute approximate surface area is 123 Å². The summed E-state index contributed by atoms with van der Waals surface area (Å²) in [6.45, 7) is 0. The lowest BCUT2D eigenvalue weighted by Crippen LogP contribution is -2.50. The first kappa shape index (κ1) is 15.3. The highest BCUT2D eigenvalue weighted by molar-refractivity contribution is 5.83. The highest BCUT2D eigenvalue weighted by atomic mass is 16.4. The van der Waals surface area contributed by atoms with Crippen LogP contribution in [-0.4, -0.2) is 34.4 Å². The maximum absolute atomic E-state index is 11.9. The number of rotatable bonds is 4. The second kappa shape index (κ2) is 7.08. The van der Waals surface area contributed by atoms with E-state index in [-0.39, 0.29) is 6.04 Å². The summed E-state index contributed by atoms with van der Waals surface area (Å²) < 4.78 is 0. The first-order valence-electron chi connectivity index (χ1n) is 7.11. The van der Waals surface area contributed by atoms with E-state index in [1.165, 1.54) is 0 Å². The molecule has 1 fully saturated rings. The summed E-state index contributed by atoms with van der Waals surface area (Å²) in [4.78, 5) is 23.2. The van der Waals surface area contributed by atoms with Gasteiger partial charge in [0, 0.05) is 0 Å². The second-order valence-electron chi connectivity index (χ2n) is 5.26. The Morgan fingerprint density at radius 1 is 1.14 bits per heavy atom. The van der Waals surface area contributed by atoms with Crippen LogP contribution in [-0.2, 0) is 4.79 Å². The van der Waals surface area contributed by atoms with Crippen LogP contribution in [0.3, 0.4) is 0 Å². The number of aliphatic hydroxyl groups excluding tert-OH is 1. The number of hydrogen-bond donors (Lipinski definition) is 4. The molecule has 0 spiro atoms. The van der Waals surface area contributed by atoms with Gasteiger partial charge in [0.05, 0.1) is 12.1 Å². The molecule has 1 saturated carbocycles. The number of aliphatic carboxylic acids is 1. The number of carboxylic acids is 1. The van der Waals surface area contributed by atoms with Crippen LogP contribution >= 0.6 is 0 Å². The Hall–Kier alpha value is -2.08. The maximum Gasteiger partial charge on any atom is 0.330 e. The SMILES string of the molecule is O=C(NC1CCCCC1O)N[C@@H](C(=O)O)c1ccccc1. The molecule has 1 aromatic rings. The van der Waals surface area contributed by atoms with Gasteiger partial charge in [0.1, 0.15) is 0 Å². The van der Waals surface area contributed by atoms with Crippen LogP contribution in [0.5, 0.6) is 0 Å². The van der Waals surface area contributed by atoms with Gasteiger partial charge in [-0.15, -0.1) is 0 Å². The van der Waals surface area contributed by atoms with E-state index in [1.54, 1.807) is 30.3 Å². The summed E-state index contributed by atoms with van der Waals surface area (Å²) in [5.41, 5.74) is 0.504. The minimum absolute atomic E-state index is 0.316. The molecule has 1 aliphatic rings. The molecule has 4 N–H and O–H groups in total. The maximum atomic E-state index is 11.9. The number of carboxylic acid groups (broad SMARTS) is 1. The van der Waals surface area contributed by atoms with E-state index in [1.807, 2.05) is 0 Å². The third-order valence-corrected chi connectivity index (χ3v) is 3.70. The van der Waals surface area contributed by atoms with Gasteiger partial charge in [0.25, 0.3) is 0 Å². The van der Waals surface area contributed by atoms with Gasteiger partial charge in [-0.05, 0) is 18.4 Å². The van der Waals surface area contributed by atoms with Crippen molar-refractivity contribution in [2.24, 2.45) is 0 Å². The Bertz CT molecular complexity index is 492. The van der Waals surface area contributed by atoms with Crippen LogP contribution in [0.25, 0.3) is 0 Å². The Balaban J connectivity index is 1.97. The van der Waals surface area contributed by atoms with Gasteiger partial charge in [-0.3, -0.25) is 0 Å². The third kappa shape index (κ3) is 4.19. The molecule has 2 unspecified atom stereocenters. The van der Waals surface area contributed by atoms with Crippen molar-refractivity contribution in [3.05, 3.63) is 35.9 Å². The molecule has 0 aromatic heterocycles. The monoisotopic (exact) mass is 292 g/mol. The number of hydrogen-bond acceptors (Lipinski definition) is 3. The van der Waals surface area contributed by atoms with Gasteiger partial charge in [0.15, 0.2) is 6.04 Å². The van der Waals surface area contributed by atoms with E-state index in [2.05, 4.69) is 10.6 Å². The molecule has 3 atom stereocenters. The standard InChI is InChI=1S/C15H20N2O4/c18-12-9-5-4-8-11(12)16-15(21)17-13(14(19)20)10-6-2-1-3-7-10/h1-3,6-7,11-13,18H,4-5,8-9H2,(H,19,20)(H2,16,17,21)/t11?,12?,13-/m1/s1. The predicted molar refractivity (Wildman–Crippen MR) is 76.7 cm³/mol. The molecule has 2 amide bonds. The van der Waals surface area contributed by atoms with Gasteiger partial charge in [-0.1, -0.05) is 43.2 Å². The van der Waals surface area contributed by atoms with Crippen molar-refractivity contribution in [3.63, 3.8) is 0 Å². The van der Waals surface area contributed by atoms with Gasteiger partial charge in [0.2, 0.25) is 0 Å². The largest absolute Gasteiger partial charge is 0.479 e. The fourth-order valence-electron chi connectivity index (χ4n) is 2.55. The molecule has 114 valence electrons. The Kier molecular flexibility index (Phi) is 5.16. The van der Waals surface area contributed by atoms with E-state index >= 15 is 0 Å². The quantitative estimate of drug-likeness (QED) is 0.674. The normalized spacial score (nSPS) is 23.1. The van der Waals surface area contributed by atoms with Crippen molar-refractivity contribution in [2.45, 2.75) is 43.9 Å². The number of nitrogens with one attached hydrogen (secondary N) is 2. The number of urea groups is 1. The number of benzene rings is 1. The minimum Gasteiger partial charge on any atom is -0.479 e. The zero-order chi connectivity index (χ0) is 15.2. The Morgan fingerprint density at radius 2 is 1.81 bits per heavy atom. The average molecular weight is 292 g/mol. The first-order valence-corrected chi connectivity index (χ1v) is 7.11. The molecule has 0 radical (unpaired) electrons. The van der Waals surface area contributed by atoms with Crippen LogP contribution in [0.4, 0.5) is 4.79 Å². The zero-order valence-corrected chi connectivity index (χ0v) is 11.7. The molecule has 1 aromatic carbocycles. The van der Waals surface area contributed by atoms with Crippen molar-refractivity contribution < 1.29 is 19.8 Å². The topological polar surface area (TPSA) is 98.7 Å². The van der Waals surface area contributed by atoms with E-state index < -0.39 is 24.1 Å². The van der Waals surface area contributed by atoms with E-state index in [9.17, 15) is 19.8 Å². The van der Waals surface area contributed by atoms with Crippen LogP contribution < -0.4 is 10.6 Å². The average Bonchev–Trinajstić information content (AvgIpc) is 2.48. The molecule has 0 saturated heterocycles. The minimum atomic E-state index is -1.12. The van der Waals surface area contributed by atoms with Crippen LogP contribution in [0.1, 0.15) is 37.3 Å². The predicted octanol–water partition coefficient (Wildman–Crippen LogP) is 1.41. The molecular weight excluding hydrogens is 272 g/mol. The summed E-state index contributed by atoms with van der Waals surface area (Å²) >= 11 is 0. The van der Waals surface area contributed by atoms with Crippen molar-refractivity contribution in [1.82, 2.24) is 10.6 Å².